The maximum atomic E-state index is 13.0. The van der Waals surface area contributed by atoms with E-state index in [1.807, 2.05) is 0 Å². The van der Waals surface area contributed by atoms with Gasteiger partial charge in [0.1, 0.15) is 11.8 Å². The Kier molecular flexibility index (Phi) is 5.91. The third-order valence-corrected chi connectivity index (χ3v) is 6.59. The van der Waals surface area contributed by atoms with Gasteiger partial charge in [-0.3, -0.25) is 0 Å². The van der Waals surface area contributed by atoms with E-state index in [-0.39, 0.29) is 18.0 Å². The fourth-order valence-corrected chi connectivity index (χ4v) is 5.28. The van der Waals surface area contributed by atoms with Gasteiger partial charge in [0.2, 0.25) is 10.0 Å². The van der Waals surface area contributed by atoms with Crippen molar-refractivity contribution in [2.75, 3.05) is 13.1 Å². The van der Waals surface area contributed by atoms with Crippen LogP contribution in [0.15, 0.2) is 29.2 Å². The second-order valence-electron chi connectivity index (χ2n) is 7.65. The van der Waals surface area contributed by atoms with Crippen molar-refractivity contribution in [1.82, 2.24) is 9.21 Å². The highest BCUT2D eigenvalue weighted by Gasteiger charge is 2.45. The van der Waals surface area contributed by atoms with Crippen molar-refractivity contribution >= 4 is 16.1 Å². The molecule has 158 valence electrons. The van der Waals surface area contributed by atoms with E-state index in [9.17, 15) is 31.5 Å². The van der Waals surface area contributed by atoms with E-state index in [0.29, 0.717) is 0 Å². The molecule has 2 rings (SSSR count). The van der Waals surface area contributed by atoms with E-state index in [2.05, 4.69) is 4.74 Å². The molecule has 0 aromatic heterocycles. The molecule has 1 aliphatic rings. The fraction of sp³-hybridized carbons (Fsp3) is 0.588. The quantitative estimate of drug-likeness (QED) is 0.742. The number of ether oxygens (including phenoxy) is 1. The minimum Gasteiger partial charge on any atom is -0.530 e. The van der Waals surface area contributed by atoms with Crippen molar-refractivity contribution in [1.29, 1.82) is 0 Å². The molecule has 7 nitrogen and oxygen atoms in total. The van der Waals surface area contributed by atoms with Crippen LogP contribution in [-0.2, 0) is 10.0 Å². The highest BCUT2D eigenvalue weighted by Crippen LogP contribution is 2.35. The summed E-state index contributed by atoms with van der Waals surface area (Å²) >= 11 is 0. The van der Waals surface area contributed by atoms with E-state index in [1.54, 1.807) is 27.7 Å². The number of hydrogen-bond acceptors (Lipinski definition) is 5. The van der Waals surface area contributed by atoms with E-state index in [1.165, 1.54) is 4.31 Å². The predicted octanol–water partition coefficient (Wildman–Crippen LogP) is 2.04. The highest BCUT2D eigenvalue weighted by atomic mass is 32.2. The number of carbonyl (C=O) groups excluding carboxylic acids is 1. The standard InChI is InChI=1S/C17H23F3N2O5S/c1-11-14(16(2,3)4)21(15(23)24)9-10-22(11)28(25,26)13-7-5-12(6-8-13)27-17(18,19)20/h5-8,11,14H,9-10H2,1-4H3,(H,23,24)/p-1/t11-,14?/m0/s1. The molecule has 1 unspecified atom stereocenters. The number of sulfonamides is 1. The SMILES string of the molecule is C[C@H]1C(C(C)(C)C)N(C(=O)[O-])CCN1S(=O)(=O)c1ccc(OC(F)(F)F)cc1. The van der Waals surface area contributed by atoms with Gasteiger partial charge in [-0.15, -0.1) is 13.2 Å². The lowest BCUT2D eigenvalue weighted by Crippen LogP contribution is -2.66. The first-order valence-electron chi connectivity index (χ1n) is 8.50. The van der Waals surface area contributed by atoms with E-state index in [0.717, 1.165) is 29.2 Å². The predicted molar refractivity (Wildman–Crippen MR) is 91.8 cm³/mol. The third kappa shape index (κ3) is 4.69. The topological polar surface area (TPSA) is 90.0 Å². The molecule has 0 N–H and O–H groups in total. The summed E-state index contributed by atoms with van der Waals surface area (Å²) in [4.78, 5) is 12.4. The number of amides is 1. The lowest BCUT2D eigenvalue weighted by Gasteiger charge is -2.51. The zero-order chi connectivity index (χ0) is 21.5. The van der Waals surface area contributed by atoms with Gasteiger partial charge >= 0.3 is 6.36 Å². The zero-order valence-corrected chi connectivity index (χ0v) is 16.7. The maximum absolute atomic E-state index is 13.0. The molecule has 0 bridgehead atoms. The number of alkyl halides is 3. The first-order valence-corrected chi connectivity index (χ1v) is 9.94. The average molecular weight is 423 g/mol. The van der Waals surface area contributed by atoms with Crippen molar-refractivity contribution < 1.29 is 36.2 Å². The van der Waals surface area contributed by atoms with Crippen LogP contribution in [0.25, 0.3) is 0 Å². The van der Waals surface area contributed by atoms with Crippen molar-refractivity contribution in [2.45, 2.75) is 51.0 Å². The second-order valence-corrected chi connectivity index (χ2v) is 9.54. The molecule has 0 spiro atoms. The molecule has 1 aromatic carbocycles. The van der Waals surface area contributed by atoms with Gasteiger partial charge in [-0.25, -0.2) is 8.42 Å². The molecule has 0 saturated carbocycles. The van der Waals surface area contributed by atoms with E-state index in [4.69, 9.17) is 0 Å². The van der Waals surface area contributed by atoms with Crippen molar-refractivity contribution in [3.05, 3.63) is 24.3 Å². The van der Waals surface area contributed by atoms with Gasteiger partial charge in [0.05, 0.1) is 10.9 Å². The molecular weight excluding hydrogens is 401 g/mol. The van der Waals surface area contributed by atoms with Crippen LogP contribution in [0.1, 0.15) is 27.7 Å². The van der Waals surface area contributed by atoms with Gasteiger partial charge in [0.15, 0.2) is 0 Å². The van der Waals surface area contributed by atoms with Crippen molar-refractivity contribution in [2.24, 2.45) is 5.41 Å². The first kappa shape index (κ1) is 22.3. The molecule has 1 amide bonds. The number of carbonyl (C=O) groups is 1. The monoisotopic (exact) mass is 423 g/mol. The molecule has 1 saturated heterocycles. The van der Waals surface area contributed by atoms with Crippen LogP contribution in [0, 0.1) is 5.41 Å². The molecule has 1 aliphatic heterocycles. The Morgan fingerprint density at radius 1 is 1.14 bits per heavy atom. The van der Waals surface area contributed by atoms with Crippen molar-refractivity contribution in [3.8, 4) is 5.75 Å². The summed E-state index contributed by atoms with van der Waals surface area (Å²) < 4.78 is 67.8. The number of nitrogens with zero attached hydrogens (tertiary/aromatic N) is 2. The normalized spacial score (nSPS) is 22.2. The second kappa shape index (κ2) is 7.43. The van der Waals surface area contributed by atoms with Gasteiger partial charge in [-0.2, -0.15) is 4.31 Å². The van der Waals surface area contributed by atoms with Gasteiger partial charge in [-0.05, 0) is 36.6 Å². The van der Waals surface area contributed by atoms with Gasteiger partial charge in [-0.1, -0.05) is 20.8 Å². The summed E-state index contributed by atoms with van der Waals surface area (Å²) in [6, 6.07) is 2.53. The number of halogens is 3. The van der Waals surface area contributed by atoms with Gasteiger partial charge in [0.25, 0.3) is 0 Å². The Hall–Kier alpha value is -2.01. The highest BCUT2D eigenvalue weighted by molar-refractivity contribution is 7.89. The Balaban J connectivity index is 2.34. The minimum atomic E-state index is -4.88. The Morgan fingerprint density at radius 3 is 2.11 bits per heavy atom. The average Bonchev–Trinajstić information content (AvgIpc) is 2.51. The Labute approximate surface area is 161 Å². The summed E-state index contributed by atoms with van der Waals surface area (Å²) in [5, 5.41) is 11.5. The molecule has 2 atom stereocenters. The van der Waals surface area contributed by atoms with Crippen molar-refractivity contribution in [3.63, 3.8) is 0 Å². The number of carboxylic acid groups (broad SMARTS) is 1. The summed E-state index contributed by atoms with van der Waals surface area (Å²) in [7, 11) is -4.06. The molecule has 1 heterocycles. The fourth-order valence-electron chi connectivity index (χ4n) is 3.65. The molecule has 1 aromatic rings. The smallest absolute Gasteiger partial charge is 0.530 e. The number of hydrogen-bond donors (Lipinski definition) is 0. The van der Waals surface area contributed by atoms with Crippen LogP contribution in [0.3, 0.4) is 0 Å². The van der Waals surface area contributed by atoms with Crippen LogP contribution in [-0.4, -0.2) is 55.3 Å². The van der Waals surface area contributed by atoms with Crippen LogP contribution in [0.5, 0.6) is 5.75 Å². The Bertz CT molecular complexity index is 819. The molecular formula is C17H22F3N2O5S-. The Morgan fingerprint density at radius 2 is 1.68 bits per heavy atom. The van der Waals surface area contributed by atoms with Crippen LogP contribution in [0.4, 0.5) is 18.0 Å². The summed E-state index contributed by atoms with van der Waals surface area (Å²) in [5.74, 6) is -0.533. The summed E-state index contributed by atoms with van der Waals surface area (Å²) in [6.07, 6.45) is -6.26. The van der Waals surface area contributed by atoms with Gasteiger partial charge in [0, 0.05) is 19.1 Å². The summed E-state index contributed by atoms with van der Waals surface area (Å²) in [6.45, 7) is 6.83. The lowest BCUT2D eigenvalue weighted by atomic mass is 9.80. The largest absolute Gasteiger partial charge is 0.573 e. The molecule has 11 heteroatoms. The van der Waals surface area contributed by atoms with Crippen LogP contribution >= 0.6 is 0 Å². The minimum absolute atomic E-state index is 0.0664. The van der Waals surface area contributed by atoms with Gasteiger partial charge < -0.3 is 19.5 Å². The number of piperazine rings is 1. The zero-order valence-electron chi connectivity index (χ0n) is 15.9. The number of benzene rings is 1. The lowest BCUT2D eigenvalue weighted by molar-refractivity contribution is -0.275. The molecule has 28 heavy (non-hydrogen) atoms. The molecule has 1 fully saturated rings. The van der Waals surface area contributed by atoms with Crippen LogP contribution in [0.2, 0.25) is 0 Å². The van der Waals surface area contributed by atoms with E-state index < -0.39 is 45.7 Å². The third-order valence-electron chi connectivity index (χ3n) is 4.59. The first-order chi connectivity index (χ1) is 12.6. The maximum Gasteiger partial charge on any atom is 0.573 e. The van der Waals surface area contributed by atoms with Crippen LogP contribution < -0.4 is 9.84 Å². The molecule has 0 radical (unpaired) electrons. The summed E-state index contributed by atoms with van der Waals surface area (Å²) in [5.41, 5.74) is -0.571. The number of rotatable bonds is 3. The molecule has 0 aliphatic carbocycles. The van der Waals surface area contributed by atoms with E-state index >= 15 is 0 Å².